The number of carbonyl (C=O) groups excluding carboxylic acids is 2. The van der Waals surface area contributed by atoms with Gasteiger partial charge in [-0.15, -0.1) is 0 Å². The van der Waals surface area contributed by atoms with Crippen LogP contribution in [0.2, 0.25) is 0 Å². The number of halogens is 3. The Kier molecular flexibility index (Phi) is 10.2. The first-order valence-corrected chi connectivity index (χ1v) is 9.83. The first-order valence-electron chi connectivity index (χ1n) is 8.29. The number of alkyl halides is 3. The lowest BCUT2D eigenvalue weighted by Crippen LogP contribution is -2.56. The Balaban J connectivity index is 2.66. The number of nitrogens with one attached hydrogen (secondary N) is 3. The smallest absolute Gasteiger partial charge is 0.337 e. The van der Waals surface area contributed by atoms with Gasteiger partial charge in [0.05, 0.1) is 12.7 Å². The Morgan fingerprint density at radius 2 is 1.78 bits per heavy atom. The van der Waals surface area contributed by atoms with Crippen molar-refractivity contribution in [3.05, 3.63) is 29.8 Å². The third-order valence-electron chi connectivity index (χ3n) is 3.48. The number of carbonyl (C=O) groups is 2. The number of rotatable bonds is 8. The van der Waals surface area contributed by atoms with Crippen LogP contribution in [0, 0.1) is 0 Å². The van der Waals surface area contributed by atoms with Crippen LogP contribution in [0.15, 0.2) is 24.3 Å². The highest BCUT2D eigenvalue weighted by molar-refractivity contribution is 7.80. The van der Waals surface area contributed by atoms with Crippen molar-refractivity contribution in [3.8, 4) is 0 Å². The van der Waals surface area contributed by atoms with Gasteiger partial charge in [0.25, 0.3) is 0 Å². The maximum absolute atomic E-state index is 12.0. The lowest BCUT2D eigenvalue weighted by atomic mass is 10.2. The molecular formula is C17H22Cl3N3O3S. The number of amides is 1. The molecule has 0 unspecified atom stereocenters. The molecule has 0 aliphatic rings. The van der Waals surface area contributed by atoms with Gasteiger partial charge < -0.3 is 20.7 Å². The lowest BCUT2D eigenvalue weighted by molar-refractivity contribution is -0.122. The van der Waals surface area contributed by atoms with Crippen LogP contribution in [-0.2, 0) is 9.53 Å². The number of methoxy groups -OCH3 is 1. The van der Waals surface area contributed by atoms with Gasteiger partial charge in [0, 0.05) is 12.1 Å². The van der Waals surface area contributed by atoms with Crippen LogP contribution in [-0.4, -0.2) is 34.1 Å². The molecule has 1 rings (SSSR count). The van der Waals surface area contributed by atoms with Gasteiger partial charge in [0.15, 0.2) is 5.11 Å². The molecule has 0 heterocycles. The van der Waals surface area contributed by atoms with Gasteiger partial charge in [-0.1, -0.05) is 54.6 Å². The largest absolute Gasteiger partial charge is 0.465 e. The van der Waals surface area contributed by atoms with Crippen LogP contribution < -0.4 is 16.0 Å². The average Bonchev–Trinajstić information content (AvgIpc) is 2.60. The van der Waals surface area contributed by atoms with Gasteiger partial charge in [0.1, 0.15) is 6.17 Å². The first-order chi connectivity index (χ1) is 12.7. The van der Waals surface area contributed by atoms with E-state index >= 15 is 0 Å². The Morgan fingerprint density at radius 1 is 1.15 bits per heavy atom. The van der Waals surface area contributed by atoms with Crippen molar-refractivity contribution < 1.29 is 14.3 Å². The fourth-order valence-corrected chi connectivity index (χ4v) is 2.64. The number of benzene rings is 1. The van der Waals surface area contributed by atoms with Gasteiger partial charge >= 0.3 is 5.97 Å². The van der Waals surface area contributed by atoms with Gasteiger partial charge in [-0.2, -0.15) is 0 Å². The summed E-state index contributed by atoms with van der Waals surface area (Å²) in [5.41, 5.74) is 1.01. The monoisotopic (exact) mass is 453 g/mol. The fraction of sp³-hybridized carbons (Fsp3) is 0.471. The third-order valence-corrected chi connectivity index (χ3v) is 4.35. The second-order valence-corrected chi connectivity index (χ2v) is 8.44. The molecule has 0 saturated carbocycles. The Morgan fingerprint density at radius 3 is 2.30 bits per heavy atom. The fourth-order valence-electron chi connectivity index (χ4n) is 2.07. The molecule has 0 bridgehead atoms. The molecule has 0 aromatic heterocycles. The summed E-state index contributed by atoms with van der Waals surface area (Å²) in [5.74, 6) is -0.679. The van der Waals surface area contributed by atoms with Crippen LogP contribution in [0.5, 0.6) is 0 Å². The van der Waals surface area contributed by atoms with Crippen molar-refractivity contribution in [1.29, 1.82) is 0 Å². The number of ether oxygens (including phenoxy) is 1. The van der Waals surface area contributed by atoms with Crippen molar-refractivity contribution in [2.75, 3.05) is 12.4 Å². The number of unbranched alkanes of at least 4 members (excludes halogenated alkanes) is 2. The molecule has 0 radical (unpaired) electrons. The predicted molar refractivity (Wildman–Crippen MR) is 114 cm³/mol. The van der Waals surface area contributed by atoms with E-state index in [2.05, 4.69) is 20.7 Å². The number of thiocarbonyl (C=S) groups is 1. The molecule has 27 heavy (non-hydrogen) atoms. The van der Waals surface area contributed by atoms with Crippen molar-refractivity contribution in [1.82, 2.24) is 10.6 Å². The normalized spacial score (nSPS) is 12.0. The standard InChI is InChI=1S/C17H22Cl3N3O3S/c1-3-4-5-6-13(24)22-15(17(18,19)20)23-16(27)21-12-9-7-11(8-10-12)14(25)26-2/h7-10,15H,3-6H2,1-2H3,(H,22,24)(H2,21,23,27)/t15-/m0/s1. The van der Waals surface area contributed by atoms with E-state index in [0.29, 0.717) is 17.7 Å². The van der Waals surface area contributed by atoms with Gasteiger partial charge in [-0.05, 0) is 42.9 Å². The number of hydrogen-bond acceptors (Lipinski definition) is 4. The van der Waals surface area contributed by atoms with E-state index in [9.17, 15) is 9.59 Å². The second kappa shape index (κ2) is 11.5. The minimum absolute atomic E-state index is 0.144. The van der Waals surface area contributed by atoms with Crippen LogP contribution >= 0.6 is 47.0 Å². The second-order valence-electron chi connectivity index (χ2n) is 5.67. The molecule has 6 nitrogen and oxygen atoms in total. The maximum atomic E-state index is 12.0. The van der Waals surface area contributed by atoms with E-state index < -0.39 is 15.9 Å². The molecule has 150 valence electrons. The van der Waals surface area contributed by atoms with Crippen LogP contribution in [0.25, 0.3) is 0 Å². The van der Waals surface area contributed by atoms with E-state index in [0.717, 1.165) is 19.3 Å². The molecule has 0 spiro atoms. The zero-order valence-electron chi connectivity index (χ0n) is 15.0. The van der Waals surface area contributed by atoms with Crippen LogP contribution in [0.1, 0.15) is 43.0 Å². The highest BCUT2D eigenvalue weighted by atomic mass is 35.6. The molecule has 1 aromatic carbocycles. The minimum atomic E-state index is -1.80. The summed E-state index contributed by atoms with van der Waals surface area (Å²) >= 11 is 23.0. The molecule has 1 amide bonds. The Bertz CT molecular complexity index is 651. The average molecular weight is 455 g/mol. The Labute approximate surface area is 179 Å². The summed E-state index contributed by atoms with van der Waals surface area (Å²) in [6.07, 6.45) is 2.03. The number of hydrogen-bond donors (Lipinski definition) is 3. The highest BCUT2D eigenvalue weighted by Gasteiger charge is 2.34. The molecule has 0 aliphatic carbocycles. The number of anilines is 1. The lowest BCUT2D eigenvalue weighted by Gasteiger charge is -2.27. The summed E-state index contributed by atoms with van der Waals surface area (Å²) in [6.45, 7) is 2.05. The highest BCUT2D eigenvalue weighted by Crippen LogP contribution is 2.29. The maximum Gasteiger partial charge on any atom is 0.337 e. The van der Waals surface area contributed by atoms with Crippen molar-refractivity contribution in [2.45, 2.75) is 42.6 Å². The van der Waals surface area contributed by atoms with Crippen molar-refractivity contribution in [2.24, 2.45) is 0 Å². The number of esters is 1. The minimum Gasteiger partial charge on any atom is -0.465 e. The van der Waals surface area contributed by atoms with Crippen molar-refractivity contribution >= 4 is 69.7 Å². The topological polar surface area (TPSA) is 79.5 Å². The third kappa shape index (κ3) is 8.97. The molecule has 0 aliphatic heterocycles. The first kappa shape index (κ1) is 23.8. The van der Waals surface area contributed by atoms with E-state index in [1.807, 2.05) is 6.92 Å². The van der Waals surface area contributed by atoms with E-state index in [4.69, 9.17) is 47.0 Å². The molecule has 10 heteroatoms. The summed E-state index contributed by atoms with van der Waals surface area (Å²) < 4.78 is 2.83. The summed E-state index contributed by atoms with van der Waals surface area (Å²) in [5, 5.41) is 8.45. The molecule has 0 saturated heterocycles. The van der Waals surface area contributed by atoms with E-state index in [-0.39, 0.29) is 11.0 Å². The SMILES string of the molecule is CCCCCC(=O)N[C@@H](NC(=S)Nc1ccc(C(=O)OC)cc1)C(Cl)(Cl)Cl. The quantitative estimate of drug-likeness (QED) is 0.180. The summed E-state index contributed by atoms with van der Waals surface area (Å²) in [7, 11) is 1.31. The van der Waals surface area contributed by atoms with Gasteiger partial charge in [-0.3, -0.25) is 4.79 Å². The summed E-state index contributed by atoms with van der Waals surface area (Å²) in [4.78, 5) is 23.4. The zero-order valence-corrected chi connectivity index (χ0v) is 18.1. The molecule has 1 atom stereocenters. The Hall–Kier alpha value is -1.28. The molecule has 3 N–H and O–H groups in total. The summed E-state index contributed by atoms with van der Waals surface area (Å²) in [6, 6.07) is 6.46. The van der Waals surface area contributed by atoms with Crippen molar-refractivity contribution in [3.63, 3.8) is 0 Å². The molecule has 0 fully saturated rings. The van der Waals surface area contributed by atoms with Crippen LogP contribution in [0.4, 0.5) is 5.69 Å². The van der Waals surface area contributed by atoms with Gasteiger partial charge in [-0.25, -0.2) is 4.79 Å². The molecule has 1 aromatic rings. The zero-order chi connectivity index (χ0) is 20.4. The van der Waals surface area contributed by atoms with E-state index in [1.165, 1.54) is 7.11 Å². The van der Waals surface area contributed by atoms with Crippen LogP contribution in [0.3, 0.4) is 0 Å². The van der Waals surface area contributed by atoms with E-state index in [1.54, 1.807) is 24.3 Å². The van der Waals surface area contributed by atoms with Gasteiger partial charge in [0.2, 0.25) is 9.70 Å². The predicted octanol–water partition coefficient (Wildman–Crippen LogP) is 4.15. The molecular weight excluding hydrogens is 433 g/mol.